The molecule has 3 rings (SSSR count). The Hall–Kier alpha value is -2.08. The number of benzene rings is 1. The molecule has 26 heavy (non-hydrogen) atoms. The molecule has 1 aromatic carbocycles. The first-order valence-electron chi connectivity index (χ1n) is 9.09. The van der Waals surface area contributed by atoms with Crippen molar-refractivity contribution in [3.63, 3.8) is 0 Å². The van der Waals surface area contributed by atoms with Crippen LogP contribution in [-0.2, 0) is 9.47 Å². The highest BCUT2D eigenvalue weighted by atomic mass is 16.6. The smallest absolute Gasteiger partial charge is 0.410 e. The minimum atomic E-state index is -0.648. The maximum Gasteiger partial charge on any atom is 0.410 e. The number of fused-ring (bicyclic) bond motifs is 2. The number of carbonyl (C=O) groups is 2. The summed E-state index contributed by atoms with van der Waals surface area (Å²) in [7, 11) is 1.35. The fraction of sp³-hybridized carbons (Fsp3) is 0.600. The first kappa shape index (κ1) is 18.7. The zero-order valence-corrected chi connectivity index (χ0v) is 15.8. The van der Waals surface area contributed by atoms with E-state index in [4.69, 9.17) is 9.47 Å². The maximum absolute atomic E-state index is 12.6. The Morgan fingerprint density at radius 3 is 2.38 bits per heavy atom. The predicted molar refractivity (Wildman–Crippen MR) is 96.0 cm³/mol. The Morgan fingerprint density at radius 1 is 1.15 bits per heavy atom. The van der Waals surface area contributed by atoms with E-state index in [0.29, 0.717) is 12.0 Å². The molecule has 0 spiro atoms. The number of amides is 1. The molecule has 6 heteroatoms. The normalized spacial score (nSPS) is 28.0. The first-order valence-corrected chi connectivity index (χ1v) is 9.09. The number of carbonyl (C=O) groups excluding carboxylic acids is 2. The Morgan fingerprint density at radius 2 is 1.81 bits per heavy atom. The molecule has 2 heterocycles. The van der Waals surface area contributed by atoms with Gasteiger partial charge in [0.1, 0.15) is 5.60 Å². The highest BCUT2D eigenvalue weighted by Gasteiger charge is 2.50. The molecule has 2 saturated heterocycles. The van der Waals surface area contributed by atoms with Crippen molar-refractivity contribution in [1.82, 2.24) is 4.90 Å². The Kier molecular flexibility index (Phi) is 4.97. The van der Waals surface area contributed by atoms with Gasteiger partial charge in [-0.3, -0.25) is 4.90 Å². The van der Waals surface area contributed by atoms with E-state index in [2.05, 4.69) is 0 Å². The summed E-state index contributed by atoms with van der Waals surface area (Å²) in [6.45, 7) is 5.54. The van der Waals surface area contributed by atoms with Crippen LogP contribution in [0.4, 0.5) is 4.79 Å². The minimum absolute atomic E-state index is 0.0575. The second kappa shape index (κ2) is 6.91. The average molecular weight is 361 g/mol. The fourth-order valence-corrected chi connectivity index (χ4v) is 4.10. The third kappa shape index (κ3) is 3.56. The van der Waals surface area contributed by atoms with Crippen LogP contribution in [0.3, 0.4) is 0 Å². The van der Waals surface area contributed by atoms with Crippen LogP contribution in [0.15, 0.2) is 24.3 Å². The van der Waals surface area contributed by atoms with Gasteiger partial charge in [-0.05, 0) is 57.7 Å². The summed E-state index contributed by atoms with van der Waals surface area (Å²) in [4.78, 5) is 25.9. The van der Waals surface area contributed by atoms with Crippen molar-refractivity contribution in [1.29, 1.82) is 0 Å². The van der Waals surface area contributed by atoms with E-state index in [1.807, 2.05) is 32.9 Å². The number of nitrogens with zero attached hydrogens (tertiary/aromatic N) is 1. The summed E-state index contributed by atoms with van der Waals surface area (Å²) in [6.07, 6.45) is 1.35. The lowest BCUT2D eigenvalue weighted by molar-refractivity contribution is -0.0301. The van der Waals surface area contributed by atoms with E-state index < -0.39 is 11.7 Å². The van der Waals surface area contributed by atoms with Gasteiger partial charge < -0.3 is 14.6 Å². The summed E-state index contributed by atoms with van der Waals surface area (Å²) in [5.74, 6) is -0.435. The number of aliphatic hydroxyl groups is 1. The van der Waals surface area contributed by atoms with Crippen molar-refractivity contribution in [2.75, 3.05) is 7.11 Å². The molecule has 1 amide bonds. The Bertz CT molecular complexity index is 678. The molecule has 1 aromatic rings. The predicted octanol–water partition coefficient (Wildman–Crippen LogP) is 3.09. The van der Waals surface area contributed by atoms with Crippen molar-refractivity contribution in [3.8, 4) is 0 Å². The van der Waals surface area contributed by atoms with E-state index >= 15 is 0 Å². The zero-order chi connectivity index (χ0) is 19.1. The average Bonchev–Trinajstić information content (AvgIpc) is 2.93. The summed E-state index contributed by atoms with van der Waals surface area (Å²) in [5.41, 5.74) is 0.910. The van der Waals surface area contributed by atoms with Gasteiger partial charge in [-0.25, -0.2) is 9.59 Å². The van der Waals surface area contributed by atoms with Gasteiger partial charge in [-0.2, -0.15) is 0 Å². The first-order chi connectivity index (χ1) is 12.2. The molecular formula is C20H27NO5. The second-order valence-corrected chi connectivity index (χ2v) is 8.13. The van der Waals surface area contributed by atoms with Crippen LogP contribution in [0.2, 0.25) is 0 Å². The van der Waals surface area contributed by atoms with Crippen LogP contribution < -0.4 is 0 Å². The maximum atomic E-state index is 12.6. The number of piperidine rings is 1. The van der Waals surface area contributed by atoms with Gasteiger partial charge in [0.15, 0.2) is 0 Å². The largest absolute Gasteiger partial charge is 0.465 e. The van der Waals surface area contributed by atoms with Crippen LogP contribution in [0.5, 0.6) is 0 Å². The van der Waals surface area contributed by atoms with Crippen molar-refractivity contribution < 1.29 is 24.2 Å². The topological polar surface area (TPSA) is 76.1 Å². The number of hydrogen-bond acceptors (Lipinski definition) is 5. The molecule has 2 aliphatic rings. The minimum Gasteiger partial charge on any atom is -0.465 e. The van der Waals surface area contributed by atoms with Crippen LogP contribution in [-0.4, -0.2) is 53.0 Å². The lowest BCUT2D eigenvalue weighted by atomic mass is 9.82. The lowest BCUT2D eigenvalue weighted by Gasteiger charge is -2.42. The van der Waals surface area contributed by atoms with Gasteiger partial charge in [0.2, 0.25) is 0 Å². The van der Waals surface area contributed by atoms with Crippen molar-refractivity contribution in [3.05, 3.63) is 35.4 Å². The Labute approximate surface area is 154 Å². The van der Waals surface area contributed by atoms with Gasteiger partial charge in [-0.15, -0.1) is 0 Å². The van der Waals surface area contributed by atoms with Gasteiger partial charge in [0.25, 0.3) is 0 Å². The van der Waals surface area contributed by atoms with Crippen LogP contribution in [0.1, 0.15) is 61.9 Å². The highest BCUT2D eigenvalue weighted by molar-refractivity contribution is 5.89. The molecule has 0 saturated carbocycles. The summed E-state index contributed by atoms with van der Waals surface area (Å²) < 4.78 is 10.2. The third-order valence-corrected chi connectivity index (χ3v) is 5.24. The number of esters is 1. The van der Waals surface area contributed by atoms with Crippen molar-refractivity contribution in [2.24, 2.45) is 0 Å². The van der Waals surface area contributed by atoms with E-state index in [0.717, 1.165) is 18.4 Å². The molecular weight excluding hydrogens is 334 g/mol. The number of hydrogen-bond donors (Lipinski definition) is 1. The zero-order valence-electron chi connectivity index (χ0n) is 15.8. The standard InChI is InChI=1S/C20H27NO5/c1-20(2,3)26-19(24)21-14-9-10-16(21)17(22)15(11-14)12-5-7-13(8-6-12)18(23)25-4/h5-8,14-17,22H,9-11H2,1-4H3. The summed E-state index contributed by atoms with van der Waals surface area (Å²) in [5, 5.41) is 10.9. The van der Waals surface area contributed by atoms with Crippen molar-refractivity contribution >= 4 is 12.1 Å². The quantitative estimate of drug-likeness (QED) is 0.819. The molecule has 142 valence electrons. The summed E-state index contributed by atoms with van der Waals surface area (Å²) in [6, 6.07) is 7.01. The van der Waals surface area contributed by atoms with E-state index in [1.54, 1.807) is 17.0 Å². The van der Waals surface area contributed by atoms with E-state index in [9.17, 15) is 14.7 Å². The van der Waals surface area contributed by atoms with Gasteiger partial charge in [0, 0.05) is 12.0 Å². The third-order valence-electron chi connectivity index (χ3n) is 5.24. The molecule has 0 aliphatic carbocycles. The monoisotopic (exact) mass is 361 g/mol. The molecule has 6 nitrogen and oxygen atoms in total. The SMILES string of the molecule is COC(=O)c1ccc(C2CC3CCC(C2O)N3C(=O)OC(C)(C)C)cc1. The Balaban J connectivity index is 1.76. The fourth-order valence-electron chi connectivity index (χ4n) is 4.10. The number of ether oxygens (including phenoxy) is 2. The van der Waals surface area contributed by atoms with Gasteiger partial charge in [0.05, 0.1) is 24.8 Å². The molecule has 2 bridgehead atoms. The highest BCUT2D eigenvalue weighted by Crippen LogP contribution is 2.43. The molecule has 0 aromatic heterocycles. The number of aliphatic hydroxyl groups excluding tert-OH is 1. The number of methoxy groups -OCH3 is 1. The lowest BCUT2D eigenvalue weighted by Crippen LogP contribution is -2.54. The summed E-state index contributed by atoms with van der Waals surface area (Å²) >= 11 is 0. The second-order valence-electron chi connectivity index (χ2n) is 8.13. The van der Waals surface area contributed by atoms with Crippen molar-refractivity contribution in [2.45, 2.75) is 69.7 Å². The van der Waals surface area contributed by atoms with E-state index in [-0.39, 0.29) is 30.1 Å². The van der Waals surface area contributed by atoms with Crippen LogP contribution in [0, 0.1) is 0 Å². The molecule has 4 unspecified atom stereocenters. The molecule has 2 fully saturated rings. The molecule has 4 atom stereocenters. The van der Waals surface area contributed by atoms with Crippen LogP contribution in [0.25, 0.3) is 0 Å². The molecule has 2 aliphatic heterocycles. The van der Waals surface area contributed by atoms with E-state index in [1.165, 1.54) is 7.11 Å². The van der Waals surface area contributed by atoms with Gasteiger partial charge in [-0.1, -0.05) is 12.1 Å². The molecule has 0 radical (unpaired) electrons. The van der Waals surface area contributed by atoms with Gasteiger partial charge >= 0.3 is 12.1 Å². The number of rotatable bonds is 2. The molecule has 1 N–H and O–H groups in total. The van der Waals surface area contributed by atoms with Crippen LogP contribution >= 0.6 is 0 Å².